The molecule has 3 amide bonds. The Balaban J connectivity index is 1.20. The van der Waals surface area contributed by atoms with Crippen LogP contribution in [0.1, 0.15) is 18.1 Å². The van der Waals surface area contributed by atoms with Crippen LogP contribution in [-0.4, -0.2) is 50.5 Å². The molecule has 1 aliphatic rings. The molecular formula is C29H25F3N6O3S. The number of nitrogens with zero attached hydrogens (tertiary/aromatic N) is 5. The second-order valence-corrected chi connectivity index (χ2v) is 10.1. The lowest BCUT2D eigenvalue weighted by Crippen LogP contribution is -2.32. The van der Waals surface area contributed by atoms with Crippen molar-refractivity contribution in [3.8, 4) is 22.8 Å². The maximum absolute atomic E-state index is 12.6. The Bertz CT molecular complexity index is 1620. The number of benzene rings is 3. The molecule has 1 aliphatic heterocycles. The smallest absolute Gasteiger partial charge is 0.406 e. The van der Waals surface area contributed by atoms with Gasteiger partial charge in [0.15, 0.2) is 11.0 Å². The summed E-state index contributed by atoms with van der Waals surface area (Å²) in [4.78, 5) is 35.2. The number of aromatic nitrogens is 3. The summed E-state index contributed by atoms with van der Waals surface area (Å²) < 4.78 is 42.6. The molecule has 4 aromatic rings. The van der Waals surface area contributed by atoms with Crippen LogP contribution in [0.3, 0.4) is 0 Å². The van der Waals surface area contributed by atoms with Crippen LogP contribution in [-0.2, 0) is 17.6 Å². The van der Waals surface area contributed by atoms with E-state index in [1.807, 2.05) is 55.5 Å². The van der Waals surface area contributed by atoms with Crippen LogP contribution in [0.25, 0.3) is 17.1 Å². The lowest BCUT2D eigenvalue weighted by atomic mass is 10.1. The van der Waals surface area contributed by atoms with Crippen LogP contribution in [0.4, 0.5) is 23.7 Å². The van der Waals surface area contributed by atoms with Gasteiger partial charge in [-0.05, 0) is 60.4 Å². The first-order valence-corrected chi connectivity index (χ1v) is 14.0. The van der Waals surface area contributed by atoms with Crippen LogP contribution >= 0.6 is 11.8 Å². The lowest BCUT2D eigenvalue weighted by molar-refractivity contribution is -0.274. The van der Waals surface area contributed by atoms with Crippen molar-refractivity contribution in [1.29, 1.82) is 0 Å². The van der Waals surface area contributed by atoms with Gasteiger partial charge in [-0.2, -0.15) is 4.99 Å². The van der Waals surface area contributed by atoms with Crippen molar-refractivity contribution in [2.24, 2.45) is 4.99 Å². The number of aliphatic imine (C=N–C) groups is 1. The first-order valence-electron chi connectivity index (χ1n) is 13.0. The number of thioether (sulfide) groups is 1. The summed E-state index contributed by atoms with van der Waals surface area (Å²) in [5.74, 6) is 0.205. The number of hydrogen-bond acceptors (Lipinski definition) is 6. The lowest BCUT2D eigenvalue weighted by Gasteiger charge is -2.19. The van der Waals surface area contributed by atoms with E-state index in [0.717, 1.165) is 28.8 Å². The fourth-order valence-electron chi connectivity index (χ4n) is 4.34. The van der Waals surface area contributed by atoms with Crippen molar-refractivity contribution in [1.82, 2.24) is 20.1 Å². The van der Waals surface area contributed by atoms with Crippen LogP contribution in [0.15, 0.2) is 84.1 Å². The molecular weight excluding hydrogens is 569 g/mol. The predicted octanol–water partition coefficient (Wildman–Crippen LogP) is 5.78. The summed E-state index contributed by atoms with van der Waals surface area (Å²) in [6.07, 6.45) is -2.04. The van der Waals surface area contributed by atoms with Gasteiger partial charge in [0, 0.05) is 12.1 Å². The standard InChI is InChI=1S/C29H25F3N6O3S/c1-2-20-7-3-4-9-24(20)38-25(39)17-42-28(38)35-27(40)33-15-14-19-6-5-8-21(16-19)26-34-18-37(36-26)22-10-12-23(13-11-22)41-29(30,31)32/h3-13,16,18H,2,14-15,17H2,1H3,(H,33,40)/b35-28-. The van der Waals surface area contributed by atoms with Gasteiger partial charge in [0.05, 0.1) is 17.1 Å². The predicted molar refractivity (Wildman–Crippen MR) is 154 cm³/mol. The molecule has 42 heavy (non-hydrogen) atoms. The van der Waals surface area contributed by atoms with Crippen molar-refractivity contribution in [2.75, 3.05) is 17.2 Å². The second kappa shape index (κ2) is 12.5. The molecule has 1 N–H and O–H groups in total. The molecule has 216 valence electrons. The third kappa shape index (κ3) is 6.97. The molecule has 3 aromatic carbocycles. The number of carbonyl (C=O) groups is 2. The SMILES string of the molecule is CCc1ccccc1N1C(=O)CS/C1=N\C(=O)NCCc1cccc(-c2ncn(-c3ccc(OC(F)(F)F)cc3)n2)c1. The van der Waals surface area contributed by atoms with E-state index in [0.29, 0.717) is 29.6 Å². The average molecular weight is 595 g/mol. The summed E-state index contributed by atoms with van der Waals surface area (Å²) >= 11 is 1.23. The maximum atomic E-state index is 12.6. The summed E-state index contributed by atoms with van der Waals surface area (Å²) in [5.41, 5.74) is 3.91. The number of urea groups is 1. The quantitative estimate of drug-likeness (QED) is 0.277. The van der Waals surface area contributed by atoms with Crippen molar-refractivity contribution >= 4 is 34.6 Å². The summed E-state index contributed by atoms with van der Waals surface area (Å²) in [5, 5.41) is 7.57. The van der Waals surface area contributed by atoms with Gasteiger partial charge in [0.1, 0.15) is 12.1 Å². The van der Waals surface area contributed by atoms with Crippen molar-refractivity contribution < 1.29 is 27.5 Å². The fraction of sp³-hybridized carbons (Fsp3) is 0.207. The van der Waals surface area contributed by atoms with E-state index in [2.05, 4.69) is 25.1 Å². The van der Waals surface area contributed by atoms with E-state index >= 15 is 0 Å². The Kier molecular flexibility index (Phi) is 8.57. The molecule has 0 aliphatic carbocycles. The molecule has 0 radical (unpaired) electrons. The average Bonchev–Trinajstić information content (AvgIpc) is 3.60. The minimum Gasteiger partial charge on any atom is -0.406 e. The molecule has 13 heteroatoms. The molecule has 0 saturated carbocycles. The molecule has 1 saturated heterocycles. The third-order valence-electron chi connectivity index (χ3n) is 6.28. The van der Waals surface area contributed by atoms with E-state index in [-0.39, 0.29) is 17.4 Å². The Hall–Kier alpha value is -4.65. The van der Waals surface area contributed by atoms with Gasteiger partial charge in [0.25, 0.3) is 0 Å². The fourth-order valence-corrected chi connectivity index (χ4v) is 5.19. The maximum Gasteiger partial charge on any atom is 0.573 e. The Morgan fingerprint density at radius 3 is 2.64 bits per heavy atom. The normalized spacial score (nSPS) is 14.4. The number of halogens is 3. The third-order valence-corrected chi connectivity index (χ3v) is 7.20. The van der Waals surface area contributed by atoms with Crippen LogP contribution in [0, 0.1) is 0 Å². The minimum atomic E-state index is -4.76. The van der Waals surface area contributed by atoms with Crippen LogP contribution < -0.4 is 15.0 Å². The zero-order chi connectivity index (χ0) is 29.7. The van der Waals surface area contributed by atoms with Gasteiger partial charge in [0.2, 0.25) is 5.91 Å². The highest BCUT2D eigenvalue weighted by molar-refractivity contribution is 8.15. The molecule has 0 bridgehead atoms. The monoisotopic (exact) mass is 594 g/mol. The number of aryl methyl sites for hydroxylation is 1. The Morgan fingerprint density at radius 2 is 1.88 bits per heavy atom. The van der Waals surface area contributed by atoms with E-state index in [9.17, 15) is 22.8 Å². The molecule has 2 heterocycles. The Morgan fingerprint density at radius 1 is 1.10 bits per heavy atom. The molecule has 1 fully saturated rings. The highest BCUT2D eigenvalue weighted by Gasteiger charge is 2.32. The van der Waals surface area contributed by atoms with Gasteiger partial charge < -0.3 is 10.1 Å². The Labute approximate surface area is 243 Å². The van der Waals surface area contributed by atoms with Gasteiger partial charge in [-0.1, -0.05) is 55.1 Å². The zero-order valence-corrected chi connectivity index (χ0v) is 23.2. The number of carbonyl (C=O) groups excluding carboxylic acids is 2. The van der Waals surface area contributed by atoms with Gasteiger partial charge in [-0.15, -0.1) is 18.3 Å². The van der Waals surface area contributed by atoms with E-state index < -0.39 is 12.4 Å². The first kappa shape index (κ1) is 28.9. The number of hydrogen-bond donors (Lipinski definition) is 1. The number of ether oxygens (including phenoxy) is 1. The van der Waals surface area contributed by atoms with Crippen LogP contribution in [0.2, 0.25) is 0 Å². The summed E-state index contributed by atoms with van der Waals surface area (Å²) in [6.45, 7) is 2.32. The van der Waals surface area contributed by atoms with Gasteiger partial charge in [-0.3, -0.25) is 9.69 Å². The molecule has 0 atom stereocenters. The highest BCUT2D eigenvalue weighted by Crippen LogP contribution is 2.30. The number of amides is 3. The molecule has 9 nitrogen and oxygen atoms in total. The molecule has 0 spiro atoms. The highest BCUT2D eigenvalue weighted by atomic mass is 32.2. The molecule has 5 rings (SSSR count). The first-order chi connectivity index (χ1) is 20.2. The molecule has 0 unspecified atom stereocenters. The number of para-hydroxylation sites is 1. The van der Waals surface area contributed by atoms with Crippen LogP contribution in [0.5, 0.6) is 5.75 Å². The summed E-state index contributed by atoms with van der Waals surface area (Å²) in [6, 6.07) is 19.8. The molecule has 1 aromatic heterocycles. The van der Waals surface area contributed by atoms with Crippen molar-refractivity contribution in [3.63, 3.8) is 0 Å². The minimum absolute atomic E-state index is 0.118. The number of rotatable bonds is 8. The van der Waals surface area contributed by atoms with Crippen molar-refractivity contribution in [2.45, 2.75) is 26.1 Å². The number of nitrogens with one attached hydrogen (secondary N) is 1. The topological polar surface area (TPSA) is 102 Å². The summed E-state index contributed by atoms with van der Waals surface area (Å²) in [7, 11) is 0. The van der Waals surface area contributed by atoms with Gasteiger partial charge >= 0.3 is 12.4 Å². The number of anilines is 1. The number of amidine groups is 1. The van der Waals surface area contributed by atoms with Gasteiger partial charge in [-0.25, -0.2) is 14.5 Å². The number of alkyl halides is 3. The van der Waals surface area contributed by atoms with E-state index in [4.69, 9.17) is 0 Å². The van der Waals surface area contributed by atoms with Crippen molar-refractivity contribution in [3.05, 3.63) is 90.3 Å². The van der Waals surface area contributed by atoms with E-state index in [1.165, 1.54) is 51.9 Å². The largest absolute Gasteiger partial charge is 0.573 e. The second-order valence-electron chi connectivity index (χ2n) is 9.13. The zero-order valence-electron chi connectivity index (χ0n) is 22.3. The van der Waals surface area contributed by atoms with E-state index in [1.54, 1.807) is 0 Å².